The Morgan fingerprint density at radius 2 is 2.32 bits per heavy atom. The fraction of sp³-hybridized carbons (Fsp3) is 0.500. The third kappa shape index (κ3) is 2.99. The topological polar surface area (TPSA) is 96.4 Å². The highest BCUT2D eigenvalue weighted by Crippen LogP contribution is 2.20. The lowest BCUT2D eigenvalue weighted by Gasteiger charge is -2.17. The van der Waals surface area contributed by atoms with Gasteiger partial charge in [0.25, 0.3) is 10.0 Å². The van der Waals surface area contributed by atoms with Gasteiger partial charge in [-0.15, -0.1) is 11.3 Å². The molecule has 0 bridgehead atoms. The van der Waals surface area contributed by atoms with E-state index in [1.807, 2.05) is 0 Å². The van der Waals surface area contributed by atoms with Crippen molar-refractivity contribution in [2.24, 2.45) is 0 Å². The van der Waals surface area contributed by atoms with Crippen molar-refractivity contribution in [2.75, 3.05) is 13.1 Å². The van der Waals surface area contributed by atoms with E-state index in [1.165, 1.54) is 6.20 Å². The Labute approximate surface area is 114 Å². The first-order valence-corrected chi connectivity index (χ1v) is 7.99. The van der Waals surface area contributed by atoms with Crippen LogP contribution in [0, 0.1) is 0 Å². The van der Waals surface area contributed by atoms with Crippen LogP contribution in [0.2, 0.25) is 0 Å². The summed E-state index contributed by atoms with van der Waals surface area (Å²) >= 11 is 1.02. The molecule has 1 atom stereocenters. The summed E-state index contributed by atoms with van der Waals surface area (Å²) in [5, 5.41) is 3.99. The Morgan fingerprint density at radius 3 is 2.95 bits per heavy atom. The van der Waals surface area contributed by atoms with Crippen LogP contribution in [-0.4, -0.2) is 49.0 Å². The van der Waals surface area contributed by atoms with Crippen LogP contribution in [0.1, 0.15) is 12.8 Å². The highest BCUT2D eigenvalue weighted by Gasteiger charge is 2.33. The van der Waals surface area contributed by atoms with Crippen molar-refractivity contribution >= 4 is 33.6 Å². The Bertz CT molecular complexity index is 555. The van der Waals surface area contributed by atoms with Crippen LogP contribution in [-0.2, 0) is 19.6 Å². The number of nitrogens with one attached hydrogen (secondary N) is 1. The van der Waals surface area contributed by atoms with Gasteiger partial charge in [0, 0.05) is 18.1 Å². The molecule has 0 spiro atoms. The smallest absolute Gasteiger partial charge is 0.270 e. The molecule has 1 aromatic rings. The van der Waals surface area contributed by atoms with Crippen LogP contribution in [0.3, 0.4) is 0 Å². The number of aromatic nitrogens is 1. The Balaban J connectivity index is 2.18. The van der Waals surface area contributed by atoms with Gasteiger partial charge in [-0.25, -0.2) is 13.4 Å². The van der Waals surface area contributed by atoms with E-state index in [-0.39, 0.29) is 23.2 Å². The zero-order valence-electron chi connectivity index (χ0n) is 9.98. The fourth-order valence-corrected chi connectivity index (χ4v) is 4.32. The Morgan fingerprint density at radius 1 is 1.53 bits per heavy atom. The molecule has 7 nitrogen and oxygen atoms in total. The van der Waals surface area contributed by atoms with Gasteiger partial charge in [0.1, 0.15) is 0 Å². The van der Waals surface area contributed by atoms with Crippen molar-refractivity contribution < 1.29 is 18.0 Å². The van der Waals surface area contributed by atoms with Crippen molar-refractivity contribution in [1.29, 1.82) is 0 Å². The Kier molecular flexibility index (Phi) is 4.27. The number of ketones is 1. The lowest BCUT2D eigenvalue weighted by molar-refractivity contribution is -0.123. The number of hydrogen-bond acceptors (Lipinski definition) is 6. The van der Waals surface area contributed by atoms with E-state index in [9.17, 15) is 18.0 Å². The van der Waals surface area contributed by atoms with Crippen LogP contribution < -0.4 is 5.32 Å². The summed E-state index contributed by atoms with van der Waals surface area (Å²) in [6.07, 6.45) is 2.84. The summed E-state index contributed by atoms with van der Waals surface area (Å²) in [5.41, 5.74) is 0. The normalized spacial score (nSPS) is 21.9. The molecule has 1 unspecified atom stereocenters. The number of rotatable bonds is 4. The molecule has 2 rings (SSSR count). The molecule has 2 heterocycles. The maximum absolute atomic E-state index is 12.2. The van der Waals surface area contributed by atoms with Gasteiger partial charge in [-0.1, -0.05) is 0 Å². The average molecular weight is 303 g/mol. The number of hydrogen-bond donors (Lipinski definition) is 1. The average Bonchev–Trinajstić information content (AvgIpc) is 2.84. The van der Waals surface area contributed by atoms with Gasteiger partial charge in [-0.3, -0.25) is 9.59 Å². The van der Waals surface area contributed by atoms with Gasteiger partial charge in [-0.2, -0.15) is 4.31 Å². The van der Waals surface area contributed by atoms with Gasteiger partial charge < -0.3 is 5.32 Å². The van der Waals surface area contributed by atoms with E-state index >= 15 is 0 Å². The molecule has 1 saturated heterocycles. The van der Waals surface area contributed by atoms with E-state index in [2.05, 4.69) is 10.3 Å². The van der Waals surface area contributed by atoms with Crippen molar-refractivity contribution in [3.63, 3.8) is 0 Å². The molecule has 0 radical (unpaired) electrons. The zero-order valence-corrected chi connectivity index (χ0v) is 11.6. The summed E-state index contributed by atoms with van der Waals surface area (Å²) < 4.78 is 25.6. The van der Waals surface area contributed by atoms with Gasteiger partial charge in [0.15, 0.2) is 5.78 Å². The SMILES string of the molecule is O=CNC1CCCN(S(=O)(=O)c2nccs2)CC1=O. The summed E-state index contributed by atoms with van der Waals surface area (Å²) in [6.45, 7) is 0.0259. The number of Topliss-reactive ketones (excluding diaryl/α,β-unsaturated/α-hetero) is 1. The van der Waals surface area contributed by atoms with Crippen molar-refractivity contribution in [3.8, 4) is 0 Å². The first kappa shape index (κ1) is 14.1. The first-order chi connectivity index (χ1) is 9.05. The van der Waals surface area contributed by atoms with Crippen LogP contribution in [0.5, 0.6) is 0 Å². The summed E-state index contributed by atoms with van der Waals surface area (Å²) in [4.78, 5) is 26.1. The minimum absolute atomic E-state index is 0.0119. The third-order valence-electron chi connectivity index (χ3n) is 2.86. The van der Waals surface area contributed by atoms with Gasteiger partial charge in [-0.05, 0) is 12.8 Å². The molecule has 1 aromatic heterocycles. The number of carbonyl (C=O) groups excluding carboxylic acids is 2. The number of sulfonamides is 1. The van der Waals surface area contributed by atoms with E-state index in [1.54, 1.807) is 5.38 Å². The minimum atomic E-state index is -3.71. The molecule has 1 aliphatic rings. The summed E-state index contributed by atoms with van der Waals surface area (Å²) in [7, 11) is -3.71. The molecule has 0 saturated carbocycles. The first-order valence-electron chi connectivity index (χ1n) is 5.68. The number of thiazole rings is 1. The quantitative estimate of drug-likeness (QED) is 0.764. The predicted molar refractivity (Wildman–Crippen MR) is 68.1 cm³/mol. The van der Waals surface area contributed by atoms with Crippen molar-refractivity contribution in [2.45, 2.75) is 23.2 Å². The molecule has 104 valence electrons. The lowest BCUT2D eigenvalue weighted by atomic mass is 10.1. The second kappa shape index (κ2) is 5.76. The molecule has 1 amide bonds. The molecular formula is C10H13N3O4S2. The van der Waals surface area contributed by atoms with Gasteiger partial charge in [0.05, 0.1) is 12.6 Å². The highest BCUT2D eigenvalue weighted by molar-refractivity contribution is 7.91. The largest absolute Gasteiger partial charge is 0.349 e. The maximum atomic E-state index is 12.2. The standard InChI is InChI=1S/C10H13N3O4S2/c14-7-12-8-2-1-4-13(6-9(8)15)19(16,17)10-11-3-5-18-10/h3,5,7-8H,1-2,4,6H2,(H,12,14). The molecule has 1 N–H and O–H groups in total. The number of carbonyl (C=O) groups is 2. The molecular weight excluding hydrogens is 290 g/mol. The van der Waals surface area contributed by atoms with E-state index in [0.29, 0.717) is 19.3 Å². The number of amides is 1. The predicted octanol–water partition coefficient (Wildman–Crippen LogP) is -0.389. The molecule has 0 aliphatic carbocycles. The maximum Gasteiger partial charge on any atom is 0.270 e. The second-order valence-electron chi connectivity index (χ2n) is 4.08. The fourth-order valence-electron chi connectivity index (χ4n) is 1.91. The van der Waals surface area contributed by atoms with Crippen LogP contribution >= 0.6 is 11.3 Å². The molecule has 0 aromatic carbocycles. The highest BCUT2D eigenvalue weighted by atomic mass is 32.2. The van der Waals surface area contributed by atoms with Crippen molar-refractivity contribution in [1.82, 2.24) is 14.6 Å². The Hall–Kier alpha value is -1.32. The minimum Gasteiger partial charge on any atom is -0.349 e. The second-order valence-corrected chi connectivity index (χ2v) is 7.09. The number of nitrogens with zero attached hydrogens (tertiary/aromatic N) is 2. The van der Waals surface area contributed by atoms with Gasteiger partial charge >= 0.3 is 0 Å². The molecule has 1 fully saturated rings. The van der Waals surface area contributed by atoms with Crippen LogP contribution in [0.4, 0.5) is 0 Å². The zero-order chi connectivity index (χ0) is 13.9. The van der Waals surface area contributed by atoms with Crippen LogP contribution in [0.25, 0.3) is 0 Å². The molecule has 9 heteroatoms. The molecule has 1 aliphatic heterocycles. The van der Waals surface area contributed by atoms with E-state index < -0.39 is 16.1 Å². The lowest BCUT2D eigenvalue weighted by Crippen LogP contribution is -2.41. The monoisotopic (exact) mass is 303 g/mol. The van der Waals surface area contributed by atoms with E-state index in [0.717, 1.165) is 15.6 Å². The van der Waals surface area contributed by atoms with Crippen LogP contribution in [0.15, 0.2) is 15.9 Å². The van der Waals surface area contributed by atoms with E-state index in [4.69, 9.17) is 0 Å². The van der Waals surface area contributed by atoms with Crippen molar-refractivity contribution in [3.05, 3.63) is 11.6 Å². The van der Waals surface area contributed by atoms with Gasteiger partial charge in [0.2, 0.25) is 10.7 Å². The summed E-state index contributed by atoms with van der Waals surface area (Å²) in [6, 6.07) is -0.603. The molecule has 19 heavy (non-hydrogen) atoms. The summed E-state index contributed by atoms with van der Waals surface area (Å²) in [5.74, 6) is -0.301. The third-order valence-corrected chi connectivity index (χ3v) is 5.88.